The number of nitriles is 1. The molecule has 0 aliphatic heterocycles. The summed E-state index contributed by atoms with van der Waals surface area (Å²) in [6.07, 6.45) is 2.42. The van der Waals surface area contributed by atoms with Gasteiger partial charge in [-0.15, -0.1) is 0 Å². The summed E-state index contributed by atoms with van der Waals surface area (Å²) in [5.41, 5.74) is 3.23. The summed E-state index contributed by atoms with van der Waals surface area (Å²) in [4.78, 5) is 12.5. The molecule has 3 rings (SSSR count). The molecule has 0 aliphatic carbocycles. The predicted molar refractivity (Wildman–Crippen MR) is 131 cm³/mol. The van der Waals surface area contributed by atoms with Gasteiger partial charge in [0.1, 0.15) is 29.8 Å². The van der Waals surface area contributed by atoms with Gasteiger partial charge in [-0.1, -0.05) is 31.2 Å². The molecule has 1 N–H and O–H groups in total. The molecule has 0 aliphatic rings. The number of hydrogen-bond acceptors (Lipinski definition) is 3. The molecule has 0 saturated carbocycles. The standard InChI is InChI=1S/C25H19Br2FN2O2/c1-2-16-5-9-21(10-6-16)30-25(31)19(14-29)11-18-12-22(26)24(23(27)13-18)32-15-17-3-7-20(28)8-4-17/h3-13H,2,15H2,1H3,(H,30,31)/b19-11+. The van der Waals surface area contributed by atoms with Crippen molar-refractivity contribution in [2.75, 3.05) is 5.32 Å². The maximum atomic E-state index is 13.1. The van der Waals surface area contributed by atoms with Gasteiger partial charge in [-0.05, 0) is 97.4 Å². The first-order valence-corrected chi connectivity index (χ1v) is 11.4. The number of carbonyl (C=O) groups is 1. The van der Waals surface area contributed by atoms with Gasteiger partial charge in [0.15, 0.2) is 0 Å². The van der Waals surface area contributed by atoms with Crippen LogP contribution in [0.1, 0.15) is 23.6 Å². The minimum absolute atomic E-state index is 0.0247. The van der Waals surface area contributed by atoms with Gasteiger partial charge in [0, 0.05) is 5.69 Å². The minimum Gasteiger partial charge on any atom is -0.487 e. The summed E-state index contributed by atoms with van der Waals surface area (Å²) in [6.45, 7) is 2.31. The van der Waals surface area contributed by atoms with Gasteiger partial charge in [0.05, 0.1) is 8.95 Å². The third-order valence-corrected chi connectivity index (χ3v) is 5.79. The van der Waals surface area contributed by atoms with Crippen LogP contribution in [0.15, 0.2) is 75.2 Å². The van der Waals surface area contributed by atoms with Crippen LogP contribution in [0.3, 0.4) is 0 Å². The molecule has 0 aromatic heterocycles. The Kier molecular flexibility index (Phi) is 8.20. The molecule has 32 heavy (non-hydrogen) atoms. The summed E-state index contributed by atoms with van der Waals surface area (Å²) in [6, 6.07) is 19.0. The highest BCUT2D eigenvalue weighted by molar-refractivity contribution is 9.11. The molecule has 0 radical (unpaired) electrons. The summed E-state index contributed by atoms with van der Waals surface area (Å²) in [7, 11) is 0. The fourth-order valence-electron chi connectivity index (χ4n) is 2.87. The second-order valence-corrected chi connectivity index (χ2v) is 8.61. The average molecular weight is 558 g/mol. The number of carbonyl (C=O) groups excluding carboxylic acids is 1. The summed E-state index contributed by atoms with van der Waals surface area (Å²) < 4.78 is 20.2. The maximum Gasteiger partial charge on any atom is 0.266 e. The highest BCUT2D eigenvalue weighted by Gasteiger charge is 2.13. The largest absolute Gasteiger partial charge is 0.487 e. The number of nitrogens with zero attached hydrogens (tertiary/aromatic N) is 1. The predicted octanol–water partition coefficient (Wildman–Crippen LogP) is 7.04. The van der Waals surface area contributed by atoms with Crippen LogP contribution in [0.2, 0.25) is 0 Å². The third kappa shape index (κ3) is 6.28. The average Bonchev–Trinajstić information content (AvgIpc) is 2.78. The number of ether oxygens (including phenoxy) is 1. The van der Waals surface area contributed by atoms with Gasteiger partial charge in [0.25, 0.3) is 5.91 Å². The van der Waals surface area contributed by atoms with Crippen LogP contribution in [-0.4, -0.2) is 5.91 Å². The Hall–Kier alpha value is -2.95. The van der Waals surface area contributed by atoms with Gasteiger partial charge in [-0.3, -0.25) is 4.79 Å². The number of benzene rings is 3. The van der Waals surface area contributed by atoms with E-state index in [1.54, 1.807) is 24.3 Å². The highest BCUT2D eigenvalue weighted by atomic mass is 79.9. The van der Waals surface area contributed by atoms with E-state index in [1.165, 1.54) is 18.2 Å². The van der Waals surface area contributed by atoms with Crippen LogP contribution in [0.25, 0.3) is 6.08 Å². The number of rotatable bonds is 7. The molecule has 0 fully saturated rings. The molecule has 0 heterocycles. The van der Waals surface area contributed by atoms with E-state index in [0.717, 1.165) is 17.5 Å². The molecule has 7 heteroatoms. The summed E-state index contributed by atoms with van der Waals surface area (Å²) in [5.74, 6) is -0.228. The molecule has 3 aromatic rings. The van der Waals surface area contributed by atoms with E-state index < -0.39 is 5.91 Å². The van der Waals surface area contributed by atoms with Gasteiger partial charge in [-0.2, -0.15) is 5.26 Å². The zero-order valence-electron chi connectivity index (χ0n) is 17.2. The Morgan fingerprint density at radius 1 is 1.06 bits per heavy atom. The SMILES string of the molecule is CCc1ccc(NC(=O)/C(C#N)=C/c2cc(Br)c(OCc3ccc(F)cc3)c(Br)c2)cc1. The van der Waals surface area contributed by atoms with Crippen LogP contribution in [0.4, 0.5) is 10.1 Å². The summed E-state index contributed by atoms with van der Waals surface area (Å²) >= 11 is 6.94. The van der Waals surface area contributed by atoms with E-state index in [2.05, 4.69) is 44.1 Å². The Balaban J connectivity index is 1.74. The Labute approximate surface area is 203 Å². The molecule has 0 saturated heterocycles. The van der Waals surface area contributed by atoms with Gasteiger partial charge in [0.2, 0.25) is 0 Å². The third-order valence-electron chi connectivity index (χ3n) is 4.61. The lowest BCUT2D eigenvalue weighted by atomic mass is 10.1. The topological polar surface area (TPSA) is 62.1 Å². The first-order chi connectivity index (χ1) is 15.4. The summed E-state index contributed by atoms with van der Waals surface area (Å²) in [5, 5.41) is 12.2. The molecular weight excluding hydrogens is 539 g/mol. The van der Waals surface area contributed by atoms with Crippen molar-refractivity contribution in [3.8, 4) is 11.8 Å². The van der Waals surface area contributed by atoms with Crippen LogP contribution in [0, 0.1) is 17.1 Å². The van der Waals surface area contributed by atoms with Crippen molar-refractivity contribution >= 4 is 49.5 Å². The lowest BCUT2D eigenvalue weighted by Crippen LogP contribution is -2.13. The molecule has 1 amide bonds. The first-order valence-electron chi connectivity index (χ1n) is 9.78. The maximum absolute atomic E-state index is 13.1. The number of amides is 1. The number of hydrogen-bond donors (Lipinski definition) is 1. The van der Waals surface area contributed by atoms with Crippen LogP contribution < -0.4 is 10.1 Å². The van der Waals surface area contributed by atoms with Gasteiger partial charge in [-0.25, -0.2) is 4.39 Å². The Bertz CT molecular complexity index is 1160. The molecule has 0 spiro atoms. The van der Waals surface area contributed by atoms with Gasteiger partial charge >= 0.3 is 0 Å². The number of anilines is 1. The Morgan fingerprint density at radius 2 is 1.66 bits per heavy atom. The van der Waals surface area contributed by atoms with E-state index in [9.17, 15) is 14.4 Å². The van der Waals surface area contributed by atoms with Crippen molar-refractivity contribution in [2.45, 2.75) is 20.0 Å². The molecule has 0 bridgehead atoms. The first kappa shape index (κ1) is 23.7. The van der Waals surface area contributed by atoms with Crippen molar-refractivity contribution < 1.29 is 13.9 Å². The molecular formula is C25H19Br2FN2O2. The van der Waals surface area contributed by atoms with E-state index in [-0.39, 0.29) is 18.0 Å². The van der Waals surface area contributed by atoms with Crippen molar-refractivity contribution in [3.63, 3.8) is 0 Å². The van der Waals surface area contributed by atoms with Crippen molar-refractivity contribution in [3.05, 3.63) is 97.7 Å². The number of nitrogens with one attached hydrogen (secondary N) is 1. The molecule has 4 nitrogen and oxygen atoms in total. The number of aryl methyl sites for hydroxylation is 1. The van der Waals surface area contributed by atoms with Crippen molar-refractivity contribution in [2.24, 2.45) is 0 Å². The van der Waals surface area contributed by atoms with Crippen molar-refractivity contribution in [1.29, 1.82) is 5.26 Å². The normalized spacial score (nSPS) is 11.0. The molecule has 3 aromatic carbocycles. The lowest BCUT2D eigenvalue weighted by molar-refractivity contribution is -0.112. The van der Waals surface area contributed by atoms with Crippen LogP contribution >= 0.6 is 31.9 Å². The molecule has 0 atom stereocenters. The second kappa shape index (κ2) is 11.1. The Morgan fingerprint density at radius 3 is 2.22 bits per heavy atom. The smallest absolute Gasteiger partial charge is 0.266 e. The van der Waals surface area contributed by atoms with E-state index in [4.69, 9.17) is 4.74 Å². The monoisotopic (exact) mass is 556 g/mol. The van der Waals surface area contributed by atoms with Crippen LogP contribution in [-0.2, 0) is 17.8 Å². The number of halogens is 3. The van der Waals surface area contributed by atoms with E-state index in [0.29, 0.717) is 25.9 Å². The van der Waals surface area contributed by atoms with Crippen LogP contribution in [0.5, 0.6) is 5.75 Å². The zero-order chi connectivity index (χ0) is 23.1. The van der Waals surface area contributed by atoms with Crippen molar-refractivity contribution in [1.82, 2.24) is 0 Å². The highest BCUT2D eigenvalue weighted by Crippen LogP contribution is 2.36. The lowest BCUT2D eigenvalue weighted by Gasteiger charge is -2.12. The fourth-order valence-corrected chi connectivity index (χ4v) is 4.33. The minimum atomic E-state index is -0.486. The van der Waals surface area contributed by atoms with E-state index >= 15 is 0 Å². The fraction of sp³-hybridized carbons (Fsp3) is 0.120. The second-order valence-electron chi connectivity index (χ2n) is 6.90. The molecule has 162 valence electrons. The zero-order valence-corrected chi connectivity index (χ0v) is 20.3. The quantitative estimate of drug-likeness (QED) is 0.250. The molecule has 0 unspecified atom stereocenters. The van der Waals surface area contributed by atoms with E-state index in [1.807, 2.05) is 30.3 Å². The van der Waals surface area contributed by atoms with Gasteiger partial charge < -0.3 is 10.1 Å².